The molecule has 4 fully saturated rings. The molecule has 0 spiro atoms. The second-order valence-electron chi connectivity index (χ2n) is 8.16. The van der Waals surface area contributed by atoms with Gasteiger partial charge in [-0.2, -0.15) is 0 Å². The van der Waals surface area contributed by atoms with Crippen molar-refractivity contribution in [2.75, 3.05) is 0 Å². The minimum atomic E-state index is -0.0169. The molecule has 0 atom stereocenters. The molecule has 4 nitrogen and oxygen atoms in total. The van der Waals surface area contributed by atoms with Gasteiger partial charge in [-0.1, -0.05) is 23.2 Å². The Kier molecular flexibility index (Phi) is 3.52. The van der Waals surface area contributed by atoms with Crippen LogP contribution in [-0.2, 0) is 0 Å². The molecule has 2 aromatic rings. The monoisotopic (exact) mass is 375 g/mol. The number of carbonyl (C=O) groups excluding carboxylic acids is 1. The normalized spacial score (nSPS) is 33.0. The van der Waals surface area contributed by atoms with E-state index in [1.165, 1.54) is 19.3 Å². The number of benzene rings is 1. The summed E-state index contributed by atoms with van der Waals surface area (Å²) in [5.74, 6) is 2.39. The van der Waals surface area contributed by atoms with Gasteiger partial charge in [0.15, 0.2) is 10.3 Å². The van der Waals surface area contributed by atoms with Crippen molar-refractivity contribution in [3.05, 3.63) is 34.1 Å². The summed E-state index contributed by atoms with van der Waals surface area (Å²) < 4.78 is 0. The highest BCUT2D eigenvalue weighted by molar-refractivity contribution is 6.40. The summed E-state index contributed by atoms with van der Waals surface area (Å²) in [6, 6.07) is 5.32. The smallest absolute Gasteiger partial charge is 0.251 e. The van der Waals surface area contributed by atoms with Gasteiger partial charge in [0.05, 0.1) is 11.0 Å². The number of rotatable bonds is 2. The fourth-order valence-corrected chi connectivity index (χ4v) is 6.00. The Balaban J connectivity index is 1.43. The van der Waals surface area contributed by atoms with Gasteiger partial charge in [-0.3, -0.25) is 4.79 Å². The van der Waals surface area contributed by atoms with Crippen LogP contribution in [0.2, 0.25) is 10.3 Å². The van der Waals surface area contributed by atoms with Crippen molar-refractivity contribution in [2.45, 2.75) is 44.1 Å². The van der Waals surface area contributed by atoms with Crippen molar-refractivity contribution >= 4 is 40.1 Å². The van der Waals surface area contributed by atoms with Crippen LogP contribution in [0.5, 0.6) is 0 Å². The molecule has 1 aromatic carbocycles. The Morgan fingerprint density at radius 1 is 0.960 bits per heavy atom. The average molecular weight is 376 g/mol. The summed E-state index contributed by atoms with van der Waals surface area (Å²) >= 11 is 11.9. The van der Waals surface area contributed by atoms with Crippen molar-refractivity contribution in [1.29, 1.82) is 0 Å². The maximum Gasteiger partial charge on any atom is 0.251 e. The second-order valence-corrected chi connectivity index (χ2v) is 8.88. The minimum absolute atomic E-state index is 0.00408. The fraction of sp³-hybridized carbons (Fsp3) is 0.526. The van der Waals surface area contributed by atoms with Crippen molar-refractivity contribution in [2.24, 2.45) is 17.8 Å². The minimum Gasteiger partial charge on any atom is -0.347 e. The molecule has 1 aromatic heterocycles. The van der Waals surface area contributed by atoms with Gasteiger partial charge in [-0.25, -0.2) is 9.97 Å². The van der Waals surface area contributed by atoms with Gasteiger partial charge in [-0.15, -0.1) is 0 Å². The molecule has 1 N–H and O–H groups in total. The van der Waals surface area contributed by atoms with E-state index in [0.29, 0.717) is 16.6 Å². The molecule has 6 heteroatoms. The average Bonchev–Trinajstić information content (AvgIpc) is 2.53. The molecule has 4 saturated carbocycles. The molecule has 0 radical (unpaired) electrons. The lowest BCUT2D eigenvalue weighted by Crippen LogP contribution is -2.59. The second kappa shape index (κ2) is 5.55. The van der Waals surface area contributed by atoms with Gasteiger partial charge in [0.2, 0.25) is 0 Å². The molecule has 6 rings (SSSR count). The third-order valence-corrected chi connectivity index (χ3v) is 6.89. The lowest BCUT2D eigenvalue weighted by molar-refractivity contribution is -0.0167. The fourth-order valence-electron chi connectivity index (χ4n) is 5.73. The molecular weight excluding hydrogens is 357 g/mol. The number of hydrogen-bond donors (Lipinski definition) is 1. The van der Waals surface area contributed by atoms with E-state index in [2.05, 4.69) is 15.3 Å². The van der Waals surface area contributed by atoms with Gasteiger partial charge in [0.25, 0.3) is 5.91 Å². The zero-order chi connectivity index (χ0) is 17.2. The first-order valence-corrected chi connectivity index (χ1v) is 9.71. The van der Waals surface area contributed by atoms with Crippen LogP contribution in [-0.4, -0.2) is 21.4 Å². The standard InChI is InChI=1S/C19H19Cl2N3O/c20-16-17(21)23-15-6-13(1-2-14(15)22-16)18(25)24-19-7-10-3-11(8-19)5-12(4-10)9-19/h1-2,6,10-12H,3-5,7-9H2,(H,24,25). The van der Waals surface area contributed by atoms with Crippen LogP contribution >= 0.6 is 23.2 Å². The third-order valence-electron chi connectivity index (χ3n) is 6.26. The zero-order valence-electron chi connectivity index (χ0n) is 13.8. The number of nitrogens with zero attached hydrogens (tertiary/aromatic N) is 2. The van der Waals surface area contributed by atoms with Crippen LogP contribution in [0.15, 0.2) is 18.2 Å². The van der Waals surface area contributed by atoms with E-state index in [-0.39, 0.29) is 21.8 Å². The number of amides is 1. The summed E-state index contributed by atoms with van der Waals surface area (Å²) in [5, 5.41) is 3.73. The summed E-state index contributed by atoms with van der Waals surface area (Å²) in [7, 11) is 0. The number of fused-ring (bicyclic) bond motifs is 1. The van der Waals surface area contributed by atoms with Gasteiger partial charge < -0.3 is 5.32 Å². The predicted molar refractivity (Wildman–Crippen MR) is 97.9 cm³/mol. The van der Waals surface area contributed by atoms with E-state index < -0.39 is 0 Å². The number of carbonyl (C=O) groups is 1. The van der Waals surface area contributed by atoms with Crippen molar-refractivity contribution in [1.82, 2.24) is 15.3 Å². The van der Waals surface area contributed by atoms with Crippen LogP contribution in [0.1, 0.15) is 48.9 Å². The summed E-state index contributed by atoms with van der Waals surface area (Å²) in [6.45, 7) is 0. The Morgan fingerprint density at radius 3 is 2.12 bits per heavy atom. The molecule has 130 valence electrons. The Hall–Kier alpha value is -1.39. The Labute approximate surface area is 156 Å². The van der Waals surface area contributed by atoms with E-state index >= 15 is 0 Å². The number of halogens is 2. The first-order valence-electron chi connectivity index (χ1n) is 8.95. The van der Waals surface area contributed by atoms with Crippen molar-refractivity contribution < 1.29 is 4.79 Å². The molecule has 4 bridgehead atoms. The molecule has 0 unspecified atom stereocenters. The first-order chi connectivity index (χ1) is 12.0. The van der Waals surface area contributed by atoms with Crippen LogP contribution in [0.25, 0.3) is 11.0 Å². The number of hydrogen-bond acceptors (Lipinski definition) is 3. The lowest BCUT2D eigenvalue weighted by Gasteiger charge is -2.56. The molecule has 25 heavy (non-hydrogen) atoms. The Bertz CT molecular complexity index is 847. The number of nitrogens with one attached hydrogen (secondary N) is 1. The van der Waals surface area contributed by atoms with Crippen molar-refractivity contribution in [3.63, 3.8) is 0 Å². The largest absolute Gasteiger partial charge is 0.347 e. The van der Waals surface area contributed by atoms with E-state index in [9.17, 15) is 4.79 Å². The van der Waals surface area contributed by atoms with Crippen LogP contribution in [0.3, 0.4) is 0 Å². The van der Waals surface area contributed by atoms with Crippen LogP contribution in [0, 0.1) is 17.8 Å². The van der Waals surface area contributed by atoms with Gasteiger partial charge in [0.1, 0.15) is 0 Å². The van der Waals surface area contributed by atoms with Crippen molar-refractivity contribution in [3.8, 4) is 0 Å². The van der Waals surface area contributed by atoms with Gasteiger partial charge in [0, 0.05) is 11.1 Å². The third kappa shape index (κ3) is 2.70. The van der Waals surface area contributed by atoms with E-state index in [0.717, 1.165) is 37.0 Å². The quantitative estimate of drug-likeness (QED) is 0.831. The van der Waals surface area contributed by atoms with Gasteiger partial charge >= 0.3 is 0 Å². The maximum atomic E-state index is 12.9. The van der Waals surface area contributed by atoms with E-state index in [4.69, 9.17) is 23.2 Å². The lowest BCUT2D eigenvalue weighted by atomic mass is 9.53. The summed E-state index contributed by atoms with van der Waals surface area (Å²) in [5.41, 5.74) is 1.84. The summed E-state index contributed by atoms with van der Waals surface area (Å²) in [4.78, 5) is 21.3. The van der Waals surface area contributed by atoms with Gasteiger partial charge in [-0.05, 0) is 74.5 Å². The SMILES string of the molecule is O=C(NC12CC3CC(CC(C3)C1)C2)c1ccc2nc(Cl)c(Cl)nc2c1. The predicted octanol–water partition coefficient (Wildman–Crippen LogP) is 4.64. The molecule has 1 heterocycles. The topological polar surface area (TPSA) is 54.9 Å². The Morgan fingerprint density at radius 2 is 1.52 bits per heavy atom. The molecule has 0 saturated heterocycles. The molecule has 1 amide bonds. The first kappa shape index (κ1) is 15.8. The summed E-state index contributed by atoms with van der Waals surface area (Å²) in [6.07, 6.45) is 7.50. The molecular formula is C19H19Cl2N3O. The highest BCUT2D eigenvalue weighted by Gasteiger charge is 2.51. The molecule has 0 aliphatic heterocycles. The van der Waals surface area contributed by atoms with Crippen LogP contribution in [0.4, 0.5) is 0 Å². The molecule has 4 aliphatic rings. The van der Waals surface area contributed by atoms with E-state index in [1.807, 2.05) is 0 Å². The number of aromatic nitrogens is 2. The van der Waals surface area contributed by atoms with Crippen LogP contribution < -0.4 is 5.32 Å². The highest BCUT2D eigenvalue weighted by atomic mass is 35.5. The maximum absolute atomic E-state index is 12.9. The molecule has 4 aliphatic carbocycles. The highest BCUT2D eigenvalue weighted by Crippen LogP contribution is 2.55. The zero-order valence-corrected chi connectivity index (χ0v) is 15.3. The van der Waals surface area contributed by atoms with E-state index in [1.54, 1.807) is 18.2 Å².